The molecule has 1 amide bonds. The molecule has 0 atom stereocenters. The minimum Gasteiger partial charge on any atom is -0.492 e. The monoisotopic (exact) mass is 438 g/mol. The highest BCUT2D eigenvalue weighted by Gasteiger charge is 2.23. The lowest BCUT2D eigenvalue weighted by molar-refractivity contribution is 0.0947. The van der Waals surface area contributed by atoms with Gasteiger partial charge in [0.2, 0.25) is 0 Å². The van der Waals surface area contributed by atoms with Gasteiger partial charge in [-0.3, -0.25) is 9.10 Å². The third-order valence-electron chi connectivity index (χ3n) is 4.89. The van der Waals surface area contributed by atoms with E-state index in [1.807, 2.05) is 38.1 Å². The van der Waals surface area contributed by atoms with Gasteiger partial charge in [-0.1, -0.05) is 42.0 Å². The van der Waals surface area contributed by atoms with Crippen molar-refractivity contribution < 1.29 is 17.9 Å². The van der Waals surface area contributed by atoms with E-state index in [9.17, 15) is 13.2 Å². The molecule has 0 aliphatic carbocycles. The average Bonchev–Trinajstić information content (AvgIpc) is 2.78. The molecule has 6 nitrogen and oxygen atoms in total. The number of amides is 1. The second-order valence-electron chi connectivity index (χ2n) is 7.20. The molecule has 3 rings (SSSR count). The van der Waals surface area contributed by atoms with E-state index in [0.717, 1.165) is 16.9 Å². The van der Waals surface area contributed by atoms with Gasteiger partial charge in [0.1, 0.15) is 12.4 Å². The molecule has 31 heavy (non-hydrogen) atoms. The molecule has 3 aromatic rings. The van der Waals surface area contributed by atoms with E-state index in [2.05, 4.69) is 5.32 Å². The highest BCUT2D eigenvalue weighted by Crippen LogP contribution is 2.26. The van der Waals surface area contributed by atoms with E-state index in [4.69, 9.17) is 4.74 Å². The van der Waals surface area contributed by atoms with Crippen molar-refractivity contribution in [3.8, 4) is 5.75 Å². The summed E-state index contributed by atoms with van der Waals surface area (Å²) in [6.07, 6.45) is 0. The molecular formula is C24H26N2O4S. The van der Waals surface area contributed by atoms with Crippen LogP contribution in [0.2, 0.25) is 0 Å². The number of nitrogens with one attached hydrogen (secondary N) is 1. The SMILES string of the molecule is Cc1ccc(OCCNC(=O)c2ccc(C)c(N(C)S(=O)(=O)c3ccccc3)c2)cc1. The van der Waals surface area contributed by atoms with Gasteiger partial charge in [-0.15, -0.1) is 0 Å². The van der Waals surface area contributed by atoms with Gasteiger partial charge in [0.25, 0.3) is 15.9 Å². The Bertz CT molecular complexity index is 1140. The number of nitrogens with zero attached hydrogens (tertiary/aromatic N) is 1. The number of anilines is 1. The predicted octanol–water partition coefficient (Wildman–Crippen LogP) is 3.94. The van der Waals surface area contributed by atoms with Crippen LogP contribution in [0.3, 0.4) is 0 Å². The molecule has 3 aromatic carbocycles. The number of hydrogen-bond donors (Lipinski definition) is 1. The summed E-state index contributed by atoms with van der Waals surface area (Å²) in [6.45, 7) is 4.47. The molecule has 162 valence electrons. The van der Waals surface area contributed by atoms with Crippen LogP contribution in [-0.4, -0.2) is 34.5 Å². The van der Waals surface area contributed by atoms with E-state index in [1.165, 1.54) is 11.4 Å². The molecular weight excluding hydrogens is 412 g/mol. The zero-order chi connectivity index (χ0) is 22.4. The minimum atomic E-state index is -3.73. The second-order valence-corrected chi connectivity index (χ2v) is 9.17. The largest absolute Gasteiger partial charge is 0.492 e. The normalized spacial score (nSPS) is 11.1. The molecule has 0 radical (unpaired) electrons. The third-order valence-corrected chi connectivity index (χ3v) is 6.68. The summed E-state index contributed by atoms with van der Waals surface area (Å²) in [6, 6.07) is 20.9. The van der Waals surface area contributed by atoms with Gasteiger partial charge in [-0.2, -0.15) is 0 Å². The fourth-order valence-corrected chi connectivity index (χ4v) is 4.31. The van der Waals surface area contributed by atoms with Gasteiger partial charge in [0, 0.05) is 12.6 Å². The molecule has 0 bridgehead atoms. The summed E-state index contributed by atoms with van der Waals surface area (Å²) in [5.41, 5.74) is 2.73. The van der Waals surface area contributed by atoms with Crippen LogP contribution >= 0.6 is 0 Å². The van der Waals surface area contributed by atoms with Crippen molar-refractivity contribution >= 4 is 21.6 Å². The predicted molar refractivity (Wildman–Crippen MR) is 122 cm³/mol. The van der Waals surface area contributed by atoms with Gasteiger partial charge in [-0.25, -0.2) is 8.42 Å². The number of benzene rings is 3. The molecule has 0 aliphatic heterocycles. The number of carbonyl (C=O) groups excluding carboxylic acids is 1. The Balaban J connectivity index is 1.67. The minimum absolute atomic E-state index is 0.194. The molecule has 0 heterocycles. The van der Waals surface area contributed by atoms with Crippen molar-refractivity contribution in [2.45, 2.75) is 18.7 Å². The van der Waals surface area contributed by atoms with Crippen LogP contribution in [0.25, 0.3) is 0 Å². The standard InChI is InChI=1S/C24H26N2O4S/c1-18-9-13-21(14-10-18)30-16-15-25-24(27)20-12-11-19(2)23(17-20)26(3)31(28,29)22-7-5-4-6-8-22/h4-14,17H,15-16H2,1-3H3,(H,25,27). The second kappa shape index (κ2) is 9.66. The number of carbonyl (C=O) groups is 1. The fraction of sp³-hybridized carbons (Fsp3) is 0.208. The molecule has 0 unspecified atom stereocenters. The summed E-state index contributed by atoms with van der Waals surface area (Å²) in [5, 5.41) is 2.80. The quantitative estimate of drug-likeness (QED) is 0.541. The van der Waals surface area contributed by atoms with Gasteiger partial charge in [0.05, 0.1) is 17.1 Å². The van der Waals surface area contributed by atoms with E-state index < -0.39 is 10.0 Å². The van der Waals surface area contributed by atoms with Crippen LogP contribution in [0.15, 0.2) is 77.7 Å². The summed E-state index contributed by atoms with van der Waals surface area (Å²) in [7, 11) is -2.24. The fourth-order valence-electron chi connectivity index (χ4n) is 3.04. The molecule has 0 aromatic heterocycles. The van der Waals surface area contributed by atoms with Crippen LogP contribution in [0.4, 0.5) is 5.69 Å². The molecule has 0 saturated heterocycles. The van der Waals surface area contributed by atoms with Crippen LogP contribution in [0.1, 0.15) is 21.5 Å². The molecule has 0 aliphatic rings. The Morgan fingerprint density at radius 2 is 1.65 bits per heavy atom. The van der Waals surface area contributed by atoms with Crippen LogP contribution < -0.4 is 14.4 Å². The Labute approximate surface area is 183 Å². The topological polar surface area (TPSA) is 75.7 Å². The lowest BCUT2D eigenvalue weighted by Gasteiger charge is -2.22. The van der Waals surface area contributed by atoms with E-state index in [-0.39, 0.29) is 10.8 Å². The highest BCUT2D eigenvalue weighted by atomic mass is 32.2. The maximum atomic E-state index is 12.9. The first kappa shape index (κ1) is 22.4. The van der Waals surface area contributed by atoms with Crippen molar-refractivity contribution in [2.24, 2.45) is 0 Å². The molecule has 0 saturated carbocycles. The van der Waals surface area contributed by atoms with Crippen molar-refractivity contribution in [1.29, 1.82) is 0 Å². The smallest absolute Gasteiger partial charge is 0.264 e. The third kappa shape index (κ3) is 5.44. The Morgan fingerprint density at radius 3 is 2.32 bits per heavy atom. The lowest BCUT2D eigenvalue weighted by Crippen LogP contribution is -2.30. The van der Waals surface area contributed by atoms with Gasteiger partial charge in [-0.05, 0) is 55.8 Å². The number of aryl methyl sites for hydroxylation is 2. The van der Waals surface area contributed by atoms with Crippen molar-refractivity contribution in [3.05, 3.63) is 89.5 Å². The van der Waals surface area contributed by atoms with Gasteiger partial charge >= 0.3 is 0 Å². The Hall–Kier alpha value is -3.32. The number of ether oxygens (including phenoxy) is 1. The molecule has 0 fully saturated rings. The van der Waals surface area contributed by atoms with E-state index >= 15 is 0 Å². The van der Waals surface area contributed by atoms with Crippen molar-refractivity contribution in [2.75, 3.05) is 24.5 Å². The average molecular weight is 439 g/mol. The summed E-state index contributed by atoms with van der Waals surface area (Å²) in [4.78, 5) is 12.8. The maximum absolute atomic E-state index is 12.9. The molecule has 7 heteroatoms. The van der Waals surface area contributed by atoms with Crippen LogP contribution in [-0.2, 0) is 10.0 Å². The van der Waals surface area contributed by atoms with Gasteiger partial charge < -0.3 is 10.1 Å². The van der Waals surface area contributed by atoms with Crippen molar-refractivity contribution in [1.82, 2.24) is 5.32 Å². The highest BCUT2D eigenvalue weighted by molar-refractivity contribution is 7.92. The molecule has 0 spiro atoms. The summed E-state index contributed by atoms with van der Waals surface area (Å²) < 4.78 is 32.7. The first-order valence-electron chi connectivity index (χ1n) is 9.91. The summed E-state index contributed by atoms with van der Waals surface area (Å²) >= 11 is 0. The van der Waals surface area contributed by atoms with E-state index in [1.54, 1.807) is 48.5 Å². The first-order valence-corrected chi connectivity index (χ1v) is 11.4. The van der Waals surface area contributed by atoms with Crippen LogP contribution in [0, 0.1) is 13.8 Å². The lowest BCUT2D eigenvalue weighted by atomic mass is 10.1. The zero-order valence-electron chi connectivity index (χ0n) is 17.8. The Morgan fingerprint density at radius 1 is 0.968 bits per heavy atom. The Kier molecular flexibility index (Phi) is 6.97. The zero-order valence-corrected chi connectivity index (χ0v) is 18.6. The first-order chi connectivity index (χ1) is 14.8. The number of rotatable bonds is 8. The number of hydrogen-bond acceptors (Lipinski definition) is 4. The number of sulfonamides is 1. The summed E-state index contributed by atoms with van der Waals surface area (Å²) in [5.74, 6) is 0.449. The van der Waals surface area contributed by atoms with E-state index in [0.29, 0.717) is 24.4 Å². The van der Waals surface area contributed by atoms with Crippen LogP contribution in [0.5, 0.6) is 5.75 Å². The van der Waals surface area contributed by atoms with Gasteiger partial charge in [0.15, 0.2) is 0 Å². The maximum Gasteiger partial charge on any atom is 0.264 e. The van der Waals surface area contributed by atoms with Crippen molar-refractivity contribution in [3.63, 3.8) is 0 Å². The molecule has 1 N–H and O–H groups in total.